The van der Waals surface area contributed by atoms with Crippen LogP contribution in [0.5, 0.6) is 5.75 Å². The highest BCUT2D eigenvalue weighted by Crippen LogP contribution is 2.27. The van der Waals surface area contributed by atoms with Gasteiger partial charge in [0.05, 0.1) is 12.6 Å². The molecule has 1 heterocycles. The molecule has 28 heavy (non-hydrogen) atoms. The van der Waals surface area contributed by atoms with Gasteiger partial charge in [-0.1, -0.05) is 48.5 Å². The molecule has 0 amide bonds. The second kappa shape index (κ2) is 7.96. The predicted octanol–water partition coefficient (Wildman–Crippen LogP) is 5.56. The summed E-state index contributed by atoms with van der Waals surface area (Å²) in [4.78, 5) is 9.41. The van der Waals surface area contributed by atoms with Crippen LogP contribution in [-0.2, 0) is 0 Å². The van der Waals surface area contributed by atoms with Crippen LogP contribution in [0.1, 0.15) is 18.5 Å². The molecule has 5 nitrogen and oxygen atoms in total. The van der Waals surface area contributed by atoms with Crippen LogP contribution >= 0.6 is 0 Å². The highest BCUT2D eigenvalue weighted by atomic mass is 16.5. The molecule has 4 rings (SSSR count). The van der Waals surface area contributed by atoms with E-state index in [1.54, 1.807) is 7.11 Å². The third-order valence-electron chi connectivity index (χ3n) is 4.58. The Labute approximate surface area is 164 Å². The van der Waals surface area contributed by atoms with Crippen molar-refractivity contribution in [2.45, 2.75) is 13.0 Å². The zero-order valence-corrected chi connectivity index (χ0v) is 15.9. The van der Waals surface area contributed by atoms with Crippen LogP contribution in [-0.4, -0.2) is 17.1 Å². The van der Waals surface area contributed by atoms with Crippen LogP contribution in [0, 0.1) is 0 Å². The Hall–Kier alpha value is -3.60. The highest BCUT2D eigenvalue weighted by Gasteiger charge is 2.12. The molecule has 0 aliphatic rings. The molecule has 5 heteroatoms. The second-order valence-corrected chi connectivity index (χ2v) is 6.55. The van der Waals surface area contributed by atoms with E-state index in [0.29, 0.717) is 5.95 Å². The van der Waals surface area contributed by atoms with E-state index in [2.05, 4.69) is 34.7 Å². The third-order valence-corrected chi connectivity index (χ3v) is 4.58. The van der Waals surface area contributed by atoms with Gasteiger partial charge in [-0.3, -0.25) is 0 Å². The van der Waals surface area contributed by atoms with E-state index < -0.39 is 0 Å². The summed E-state index contributed by atoms with van der Waals surface area (Å²) in [7, 11) is 1.65. The SMILES string of the molecule is COc1cccc(Nc2nc(NC(C)c3ccccc3)c3ccccc3n2)c1. The van der Waals surface area contributed by atoms with Gasteiger partial charge in [-0.2, -0.15) is 4.98 Å². The number of ether oxygens (including phenoxy) is 1. The number of anilines is 3. The van der Waals surface area contributed by atoms with Gasteiger partial charge < -0.3 is 15.4 Å². The van der Waals surface area contributed by atoms with Crippen molar-refractivity contribution >= 4 is 28.4 Å². The highest BCUT2D eigenvalue weighted by molar-refractivity contribution is 5.90. The number of benzene rings is 3. The number of fused-ring (bicyclic) bond motifs is 1. The number of aromatic nitrogens is 2. The molecule has 0 bridgehead atoms. The maximum absolute atomic E-state index is 5.29. The standard InChI is InChI=1S/C23H22N4O/c1-16(17-9-4-3-5-10-17)24-22-20-13-6-7-14-21(20)26-23(27-22)25-18-11-8-12-19(15-18)28-2/h3-16H,1-2H3,(H2,24,25,26,27). The van der Waals surface area contributed by atoms with E-state index in [-0.39, 0.29) is 6.04 Å². The quantitative estimate of drug-likeness (QED) is 0.466. The number of para-hydroxylation sites is 1. The van der Waals surface area contributed by atoms with Gasteiger partial charge in [-0.15, -0.1) is 0 Å². The van der Waals surface area contributed by atoms with Gasteiger partial charge in [0.2, 0.25) is 5.95 Å². The second-order valence-electron chi connectivity index (χ2n) is 6.55. The summed E-state index contributed by atoms with van der Waals surface area (Å²) in [6, 6.07) is 26.1. The summed E-state index contributed by atoms with van der Waals surface area (Å²) >= 11 is 0. The molecule has 1 atom stereocenters. The predicted molar refractivity (Wildman–Crippen MR) is 114 cm³/mol. The number of methoxy groups -OCH3 is 1. The average molecular weight is 370 g/mol. The molecule has 0 spiro atoms. The lowest BCUT2D eigenvalue weighted by molar-refractivity contribution is 0.415. The minimum atomic E-state index is 0.115. The Morgan fingerprint density at radius 3 is 2.46 bits per heavy atom. The molecular formula is C23H22N4O. The molecule has 1 unspecified atom stereocenters. The molecule has 2 N–H and O–H groups in total. The molecular weight excluding hydrogens is 348 g/mol. The molecule has 0 saturated heterocycles. The summed E-state index contributed by atoms with van der Waals surface area (Å²) in [5.41, 5.74) is 2.95. The lowest BCUT2D eigenvalue weighted by Crippen LogP contribution is -2.10. The van der Waals surface area contributed by atoms with Crippen LogP contribution in [0.3, 0.4) is 0 Å². The monoisotopic (exact) mass is 370 g/mol. The molecule has 3 aromatic carbocycles. The van der Waals surface area contributed by atoms with Crippen molar-refractivity contribution in [2.24, 2.45) is 0 Å². The van der Waals surface area contributed by atoms with Crippen molar-refractivity contribution in [1.82, 2.24) is 9.97 Å². The van der Waals surface area contributed by atoms with E-state index >= 15 is 0 Å². The van der Waals surface area contributed by atoms with Crippen LogP contribution in [0.4, 0.5) is 17.5 Å². The van der Waals surface area contributed by atoms with Crippen LogP contribution in [0.2, 0.25) is 0 Å². The molecule has 1 aromatic heterocycles. The van der Waals surface area contributed by atoms with Crippen molar-refractivity contribution in [1.29, 1.82) is 0 Å². The van der Waals surface area contributed by atoms with E-state index in [1.807, 2.05) is 66.7 Å². The zero-order chi connectivity index (χ0) is 19.3. The first-order valence-electron chi connectivity index (χ1n) is 9.22. The first-order chi connectivity index (χ1) is 13.7. The van der Waals surface area contributed by atoms with Crippen LogP contribution in [0.15, 0.2) is 78.9 Å². The lowest BCUT2D eigenvalue weighted by atomic mass is 10.1. The van der Waals surface area contributed by atoms with Crippen molar-refractivity contribution < 1.29 is 4.74 Å². The largest absolute Gasteiger partial charge is 0.497 e. The molecule has 140 valence electrons. The van der Waals surface area contributed by atoms with Gasteiger partial charge in [0.25, 0.3) is 0 Å². The Kier molecular flexibility index (Phi) is 5.06. The van der Waals surface area contributed by atoms with Crippen LogP contribution < -0.4 is 15.4 Å². The van der Waals surface area contributed by atoms with E-state index in [9.17, 15) is 0 Å². The summed E-state index contributed by atoms with van der Waals surface area (Å²) in [6.45, 7) is 2.13. The Morgan fingerprint density at radius 1 is 0.857 bits per heavy atom. The van der Waals surface area contributed by atoms with Gasteiger partial charge in [0, 0.05) is 23.2 Å². The topological polar surface area (TPSA) is 59.1 Å². The van der Waals surface area contributed by atoms with Gasteiger partial charge in [0.1, 0.15) is 11.6 Å². The van der Waals surface area contributed by atoms with Gasteiger partial charge in [-0.25, -0.2) is 4.98 Å². The number of rotatable bonds is 6. The molecule has 4 aromatic rings. The fourth-order valence-corrected chi connectivity index (χ4v) is 3.10. The van der Waals surface area contributed by atoms with E-state index in [4.69, 9.17) is 9.72 Å². The van der Waals surface area contributed by atoms with E-state index in [1.165, 1.54) is 5.56 Å². The fourth-order valence-electron chi connectivity index (χ4n) is 3.10. The number of nitrogens with zero attached hydrogens (tertiary/aromatic N) is 2. The van der Waals surface area contributed by atoms with Gasteiger partial charge >= 0.3 is 0 Å². The summed E-state index contributed by atoms with van der Waals surface area (Å²) in [6.07, 6.45) is 0. The smallest absolute Gasteiger partial charge is 0.229 e. The summed E-state index contributed by atoms with van der Waals surface area (Å²) in [5.74, 6) is 2.11. The Bertz CT molecular complexity index is 1080. The molecule has 0 aliphatic carbocycles. The third kappa shape index (κ3) is 3.88. The van der Waals surface area contributed by atoms with Crippen LogP contribution in [0.25, 0.3) is 10.9 Å². The molecule has 0 fully saturated rings. The lowest BCUT2D eigenvalue weighted by Gasteiger charge is -2.17. The molecule has 0 aliphatic heterocycles. The Balaban J connectivity index is 1.69. The zero-order valence-electron chi connectivity index (χ0n) is 15.9. The number of nitrogens with one attached hydrogen (secondary N) is 2. The van der Waals surface area contributed by atoms with Crippen molar-refractivity contribution in [2.75, 3.05) is 17.7 Å². The minimum Gasteiger partial charge on any atom is -0.497 e. The summed E-state index contributed by atoms with van der Waals surface area (Å²) in [5, 5.41) is 7.80. The normalized spacial score (nSPS) is 11.8. The average Bonchev–Trinajstić information content (AvgIpc) is 2.74. The first kappa shape index (κ1) is 17.8. The number of hydrogen-bond donors (Lipinski definition) is 2. The maximum atomic E-state index is 5.29. The first-order valence-corrected chi connectivity index (χ1v) is 9.22. The Morgan fingerprint density at radius 2 is 1.64 bits per heavy atom. The van der Waals surface area contributed by atoms with Gasteiger partial charge in [-0.05, 0) is 36.8 Å². The van der Waals surface area contributed by atoms with E-state index in [0.717, 1.165) is 28.2 Å². The molecule has 0 saturated carbocycles. The fraction of sp³-hybridized carbons (Fsp3) is 0.130. The maximum Gasteiger partial charge on any atom is 0.229 e. The van der Waals surface area contributed by atoms with Crippen molar-refractivity contribution in [3.05, 3.63) is 84.4 Å². The minimum absolute atomic E-state index is 0.115. The number of hydrogen-bond acceptors (Lipinski definition) is 5. The molecule has 0 radical (unpaired) electrons. The van der Waals surface area contributed by atoms with Gasteiger partial charge in [0.15, 0.2) is 0 Å². The van der Waals surface area contributed by atoms with Crippen molar-refractivity contribution in [3.63, 3.8) is 0 Å². The summed E-state index contributed by atoms with van der Waals surface area (Å²) < 4.78 is 5.29. The van der Waals surface area contributed by atoms with Crippen molar-refractivity contribution in [3.8, 4) is 5.75 Å².